The second kappa shape index (κ2) is 8.89. The summed E-state index contributed by atoms with van der Waals surface area (Å²) in [5.41, 5.74) is 4.49. The third-order valence-electron chi connectivity index (χ3n) is 6.43. The second-order valence-corrected chi connectivity index (χ2v) is 9.87. The van der Waals surface area contributed by atoms with Gasteiger partial charge in [0.25, 0.3) is 5.91 Å². The molecular weight excluding hydrogens is 403 g/mol. The van der Waals surface area contributed by atoms with Gasteiger partial charge in [-0.05, 0) is 60.8 Å². The lowest BCUT2D eigenvalue weighted by Gasteiger charge is -2.32. The predicted molar refractivity (Wildman–Crippen MR) is 124 cm³/mol. The van der Waals surface area contributed by atoms with E-state index < -0.39 is 0 Å². The molecule has 0 saturated carbocycles. The number of hydrogen-bond acceptors (Lipinski definition) is 3. The standard InChI is InChI=1S/C27H31FN2O2/c1-18-24(25(32-29-18)21-7-9-22(10-8-21)27(2,3)4)26(31)30-15-13-20(14-16-30)17-19-5-11-23(28)12-6-19/h5-12,20H,13-17H2,1-4H3. The maximum atomic E-state index is 13.4. The van der Waals surface area contributed by atoms with E-state index in [1.54, 1.807) is 0 Å². The lowest BCUT2D eigenvalue weighted by molar-refractivity contribution is 0.0690. The van der Waals surface area contributed by atoms with E-state index >= 15 is 0 Å². The average Bonchev–Trinajstić information content (AvgIpc) is 3.16. The fraction of sp³-hybridized carbons (Fsp3) is 0.407. The van der Waals surface area contributed by atoms with Crippen molar-refractivity contribution in [2.24, 2.45) is 5.92 Å². The van der Waals surface area contributed by atoms with Gasteiger partial charge in [0.1, 0.15) is 11.4 Å². The molecule has 0 N–H and O–H groups in total. The topological polar surface area (TPSA) is 46.3 Å². The molecule has 2 heterocycles. The summed E-state index contributed by atoms with van der Waals surface area (Å²) in [6.45, 7) is 9.76. The normalized spacial score (nSPS) is 15.2. The third-order valence-corrected chi connectivity index (χ3v) is 6.43. The van der Waals surface area contributed by atoms with Crippen LogP contribution in [0.2, 0.25) is 0 Å². The van der Waals surface area contributed by atoms with Crippen LogP contribution >= 0.6 is 0 Å². The van der Waals surface area contributed by atoms with E-state index in [2.05, 4.69) is 38.1 Å². The summed E-state index contributed by atoms with van der Waals surface area (Å²) in [5, 5.41) is 4.10. The highest BCUT2D eigenvalue weighted by molar-refractivity contribution is 6.00. The van der Waals surface area contributed by atoms with Gasteiger partial charge in [-0.3, -0.25) is 4.79 Å². The first-order chi connectivity index (χ1) is 15.2. The van der Waals surface area contributed by atoms with Gasteiger partial charge < -0.3 is 9.42 Å². The minimum absolute atomic E-state index is 0.0149. The zero-order valence-corrected chi connectivity index (χ0v) is 19.3. The average molecular weight is 435 g/mol. The first-order valence-electron chi connectivity index (χ1n) is 11.3. The first-order valence-corrected chi connectivity index (χ1v) is 11.3. The molecule has 1 fully saturated rings. The number of aryl methyl sites for hydroxylation is 1. The summed E-state index contributed by atoms with van der Waals surface area (Å²) in [4.78, 5) is 15.3. The van der Waals surface area contributed by atoms with Gasteiger partial charge in [-0.25, -0.2) is 4.39 Å². The molecule has 1 aromatic heterocycles. The van der Waals surface area contributed by atoms with Gasteiger partial charge in [-0.15, -0.1) is 0 Å². The zero-order chi connectivity index (χ0) is 22.9. The molecule has 0 atom stereocenters. The number of carbonyl (C=O) groups excluding carboxylic acids is 1. The number of hydrogen-bond donors (Lipinski definition) is 0. The molecule has 1 aliphatic heterocycles. The number of nitrogens with zero attached hydrogens (tertiary/aromatic N) is 2. The maximum Gasteiger partial charge on any atom is 0.259 e. The Morgan fingerprint density at radius 3 is 2.28 bits per heavy atom. The summed E-state index contributed by atoms with van der Waals surface area (Å²) in [5.74, 6) is 0.819. The van der Waals surface area contributed by atoms with Crippen molar-refractivity contribution in [2.45, 2.75) is 52.4 Å². The van der Waals surface area contributed by atoms with Crippen LogP contribution in [-0.4, -0.2) is 29.1 Å². The number of carbonyl (C=O) groups is 1. The minimum atomic E-state index is -0.206. The number of likely N-dealkylation sites (tertiary alicyclic amines) is 1. The number of rotatable bonds is 4. The number of benzene rings is 2. The van der Waals surface area contributed by atoms with Crippen molar-refractivity contribution in [1.82, 2.24) is 10.1 Å². The third kappa shape index (κ3) is 4.77. The van der Waals surface area contributed by atoms with Crippen molar-refractivity contribution in [3.8, 4) is 11.3 Å². The Labute approximate surface area is 189 Å². The van der Waals surface area contributed by atoms with Crippen LogP contribution in [0.4, 0.5) is 4.39 Å². The van der Waals surface area contributed by atoms with E-state index in [1.807, 2.05) is 36.1 Å². The molecule has 168 valence electrons. The molecule has 32 heavy (non-hydrogen) atoms. The predicted octanol–water partition coefficient (Wildman–Crippen LogP) is 6.18. The molecule has 0 spiro atoms. The van der Waals surface area contributed by atoms with Crippen molar-refractivity contribution >= 4 is 5.91 Å². The van der Waals surface area contributed by atoms with Crippen molar-refractivity contribution < 1.29 is 13.7 Å². The van der Waals surface area contributed by atoms with E-state index in [4.69, 9.17) is 4.52 Å². The largest absolute Gasteiger partial charge is 0.355 e. The number of piperidine rings is 1. The van der Waals surface area contributed by atoms with Gasteiger partial charge in [0.2, 0.25) is 0 Å². The van der Waals surface area contributed by atoms with E-state index in [9.17, 15) is 9.18 Å². The van der Waals surface area contributed by atoms with Crippen molar-refractivity contribution in [2.75, 3.05) is 13.1 Å². The lowest BCUT2D eigenvalue weighted by atomic mass is 9.86. The van der Waals surface area contributed by atoms with Gasteiger partial charge in [-0.2, -0.15) is 0 Å². The van der Waals surface area contributed by atoms with Crippen molar-refractivity contribution in [3.63, 3.8) is 0 Å². The smallest absolute Gasteiger partial charge is 0.259 e. The second-order valence-electron chi connectivity index (χ2n) is 9.87. The molecule has 1 aliphatic rings. The van der Waals surface area contributed by atoms with Gasteiger partial charge in [-0.1, -0.05) is 62.3 Å². The first kappa shape index (κ1) is 22.3. The minimum Gasteiger partial charge on any atom is -0.355 e. The van der Waals surface area contributed by atoms with Crippen LogP contribution in [-0.2, 0) is 11.8 Å². The molecule has 1 amide bonds. The molecule has 2 aromatic carbocycles. The molecule has 0 unspecified atom stereocenters. The fourth-order valence-electron chi connectivity index (χ4n) is 4.39. The van der Waals surface area contributed by atoms with E-state index in [1.165, 1.54) is 17.7 Å². The van der Waals surface area contributed by atoms with Gasteiger partial charge in [0.15, 0.2) is 5.76 Å². The summed E-state index contributed by atoms with van der Waals surface area (Å²) < 4.78 is 18.7. The van der Waals surface area contributed by atoms with Crippen LogP contribution in [0.1, 0.15) is 60.8 Å². The number of amides is 1. The van der Waals surface area contributed by atoms with Crippen LogP contribution in [0.25, 0.3) is 11.3 Å². The Balaban J connectivity index is 1.45. The summed E-state index contributed by atoms with van der Waals surface area (Å²) >= 11 is 0. The SMILES string of the molecule is Cc1noc(-c2ccc(C(C)(C)C)cc2)c1C(=O)N1CCC(Cc2ccc(F)cc2)CC1. The molecule has 5 heteroatoms. The van der Waals surface area contributed by atoms with Gasteiger partial charge >= 0.3 is 0 Å². The summed E-state index contributed by atoms with van der Waals surface area (Å²) in [7, 11) is 0. The zero-order valence-electron chi connectivity index (χ0n) is 19.3. The van der Waals surface area contributed by atoms with Crippen molar-refractivity contribution in [1.29, 1.82) is 0 Å². The fourth-order valence-corrected chi connectivity index (χ4v) is 4.39. The van der Waals surface area contributed by atoms with Gasteiger partial charge in [0.05, 0.1) is 5.69 Å². The molecule has 4 nitrogen and oxygen atoms in total. The molecule has 0 bridgehead atoms. The van der Waals surface area contributed by atoms with Crippen LogP contribution < -0.4 is 0 Å². The summed E-state index contributed by atoms with van der Waals surface area (Å²) in [6, 6.07) is 14.9. The lowest BCUT2D eigenvalue weighted by Crippen LogP contribution is -2.39. The highest BCUT2D eigenvalue weighted by Crippen LogP contribution is 2.31. The van der Waals surface area contributed by atoms with E-state index in [0.717, 1.165) is 30.4 Å². The maximum absolute atomic E-state index is 13.4. The number of aromatic nitrogens is 1. The highest BCUT2D eigenvalue weighted by atomic mass is 19.1. The Morgan fingerprint density at radius 1 is 1.06 bits per heavy atom. The Hall–Kier alpha value is -2.95. The Morgan fingerprint density at radius 2 is 1.69 bits per heavy atom. The summed E-state index contributed by atoms with van der Waals surface area (Å²) in [6.07, 6.45) is 2.78. The van der Waals surface area contributed by atoms with Crippen LogP contribution in [0.3, 0.4) is 0 Å². The van der Waals surface area contributed by atoms with E-state index in [-0.39, 0.29) is 17.1 Å². The monoisotopic (exact) mass is 434 g/mol. The van der Waals surface area contributed by atoms with Crippen LogP contribution in [0.5, 0.6) is 0 Å². The molecule has 1 saturated heterocycles. The number of halogens is 1. The van der Waals surface area contributed by atoms with Crippen LogP contribution in [0.15, 0.2) is 53.1 Å². The van der Waals surface area contributed by atoms with Gasteiger partial charge in [0, 0.05) is 18.7 Å². The Kier molecular flexibility index (Phi) is 6.18. The molecule has 0 radical (unpaired) electrons. The van der Waals surface area contributed by atoms with Crippen molar-refractivity contribution in [3.05, 3.63) is 76.7 Å². The highest BCUT2D eigenvalue weighted by Gasteiger charge is 2.29. The molecule has 4 rings (SSSR count). The van der Waals surface area contributed by atoms with E-state index in [0.29, 0.717) is 36.0 Å². The molecule has 3 aromatic rings. The van der Waals surface area contributed by atoms with Crippen LogP contribution in [0, 0.1) is 18.7 Å². The molecular formula is C27H31FN2O2. The molecule has 0 aliphatic carbocycles. The quantitative estimate of drug-likeness (QED) is 0.492. The Bertz CT molecular complexity index is 1070.